The van der Waals surface area contributed by atoms with Gasteiger partial charge in [0.1, 0.15) is 5.82 Å². The van der Waals surface area contributed by atoms with E-state index in [9.17, 15) is 18.8 Å². The second-order valence-electron chi connectivity index (χ2n) is 9.19. The Morgan fingerprint density at radius 1 is 0.744 bits per heavy atom. The van der Waals surface area contributed by atoms with E-state index in [1.807, 2.05) is 36.4 Å². The number of rotatable bonds is 8. The molecule has 5 rings (SSSR count). The summed E-state index contributed by atoms with van der Waals surface area (Å²) in [5, 5.41) is 5.72. The molecule has 0 bridgehead atoms. The molecule has 0 aromatic heterocycles. The third-order valence-corrected chi connectivity index (χ3v) is 6.39. The van der Waals surface area contributed by atoms with E-state index in [4.69, 9.17) is 4.74 Å². The number of cyclic esters (lactones) is 1. The topological polar surface area (TPSA) is 87.7 Å². The maximum absolute atomic E-state index is 13.5. The van der Waals surface area contributed by atoms with Crippen LogP contribution in [0.3, 0.4) is 0 Å². The zero-order valence-electron chi connectivity index (χ0n) is 20.9. The number of nitrogens with zero attached hydrogens (tertiary/aromatic N) is 1. The Morgan fingerprint density at radius 2 is 1.36 bits per heavy atom. The predicted octanol–water partition coefficient (Wildman–Crippen LogP) is 5.71. The molecule has 1 heterocycles. The number of benzene rings is 4. The number of carbonyl (C=O) groups excluding carboxylic acids is 3. The molecule has 2 N–H and O–H groups in total. The SMILES string of the molecule is O=C(Cc1ccccc1)Nc1ccc([C@H]2OC(=O)N(Cc3ccc(F)cc3)[C@H]2C(=O)Nc2ccccc2)cc1. The summed E-state index contributed by atoms with van der Waals surface area (Å²) in [5.74, 6) is -0.971. The van der Waals surface area contributed by atoms with Crippen molar-refractivity contribution in [1.82, 2.24) is 4.90 Å². The number of hydrogen-bond donors (Lipinski definition) is 2. The summed E-state index contributed by atoms with van der Waals surface area (Å²) in [7, 11) is 0. The number of para-hydroxylation sites is 1. The maximum atomic E-state index is 13.5. The van der Waals surface area contributed by atoms with Crippen LogP contribution in [0.15, 0.2) is 109 Å². The molecule has 1 aliphatic heterocycles. The van der Waals surface area contributed by atoms with Gasteiger partial charge in [-0.15, -0.1) is 0 Å². The van der Waals surface area contributed by atoms with Crippen LogP contribution in [0, 0.1) is 5.82 Å². The fourth-order valence-corrected chi connectivity index (χ4v) is 4.48. The van der Waals surface area contributed by atoms with E-state index < -0.39 is 30.0 Å². The molecule has 1 fully saturated rings. The molecule has 0 saturated carbocycles. The average molecular weight is 524 g/mol. The van der Waals surface area contributed by atoms with Crippen LogP contribution in [0.4, 0.5) is 20.6 Å². The summed E-state index contributed by atoms with van der Waals surface area (Å²) in [5.41, 5.74) is 3.32. The monoisotopic (exact) mass is 523 g/mol. The van der Waals surface area contributed by atoms with Crippen LogP contribution >= 0.6 is 0 Å². The molecule has 39 heavy (non-hydrogen) atoms. The van der Waals surface area contributed by atoms with Crippen LogP contribution in [0.25, 0.3) is 0 Å². The Balaban J connectivity index is 1.35. The Labute approximate surface area is 225 Å². The molecule has 0 unspecified atom stereocenters. The van der Waals surface area contributed by atoms with Gasteiger partial charge in [0.05, 0.1) is 13.0 Å². The van der Waals surface area contributed by atoms with E-state index >= 15 is 0 Å². The lowest BCUT2D eigenvalue weighted by Gasteiger charge is -2.24. The molecule has 2 atom stereocenters. The molecule has 3 amide bonds. The number of ether oxygens (including phenoxy) is 1. The minimum absolute atomic E-state index is 0.0656. The molecular formula is C31H26FN3O4. The second-order valence-corrected chi connectivity index (χ2v) is 9.19. The van der Waals surface area contributed by atoms with Gasteiger partial charge in [-0.25, -0.2) is 9.18 Å². The molecule has 4 aromatic rings. The summed E-state index contributed by atoms with van der Waals surface area (Å²) in [6.45, 7) is 0.0656. The van der Waals surface area contributed by atoms with Crippen LogP contribution < -0.4 is 10.6 Å². The molecule has 8 heteroatoms. The zero-order valence-corrected chi connectivity index (χ0v) is 20.9. The quantitative estimate of drug-likeness (QED) is 0.310. The minimum atomic E-state index is -0.985. The van der Waals surface area contributed by atoms with E-state index in [0.717, 1.165) is 5.56 Å². The van der Waals surface area contributed by atoms with Crippen LogP contribution in [0.1, 0.15) is 22.8 Å². The number of hydrogen-bond acceptors (Lipinski definition) is 4. The van der Waals surface area contributed by atoms with E-state index in [1.165, 1.54) is 17.0 Å². The normalized spacial score (nSPS) is 16.4. The number of nitrogens with one attached hydrogen (secondary N) is 2. The lowest BCUT2D eigenvalue weighted by molar-refractivity contribution is -0.121. The first kappa shape index (κ1) is 25.7. The largest absolute Gasteiger partial charge is 0.438 e. The molecule has 0 aliphatic carbocycles. The van der Waals surface area contributed by atoms with Crippen molar-refractivity contribution >= 4 is 29.3 Å². The molecule has 7 nitrogen and oxygen atoms in total. The van der Waals surface area contributed by atoms with Crippen LogP contribution in [-0.4, -0.2) is 28.8 Å². The first-order valence-corrected chi connectivity index (χ1v) is 12.5. The lowest BCUT2D eigenvalue weighted by atomic mass is 10.00. The molecule has 4 aromatic carbocycles. The van der Waals surface area contributed by atoms with Gasteiger partial charge in [-0.05, 0) is 53.1 Å². The Morgan fingerprint density at radius 3 is 2.03 bits per heavy atom. The third-order valence-electron chi connectivity index (χ3n) is 6.39. The van der Waals surface area contributed by atoms with Crippen molar-refractivity contribution in [2.75, 3.05) is 10.6 Å². The Bertz CT molecular complexity index is 1450. The van der Waals surface area contributed by atoms with Gasteiger partial charge in [-0.2, -0.15) is 0 Å². The van der Waals surface area contributed by atoms with Crippen LogP contribution in [0.5, 0.6) is 0 Å². The van der Waals surface area contributed by atoms with Gasteiger partial charge in [0.25, 0.3) is 5.91 Å². The minimum Gasteiger partial charge on any atom is -0.438 e. The molecule has 1 aliphatic rings. The standard InChI is InChI=1S/C31H26FN3O4/c32-24-15-11-22(12-16-24)20-35-28(30(37)34-25-9-5-2-6-10-25)29(39-31(35)38)23-13-17-26(18-14-23)33-27(36)19-21-7-3-1-4-8-21/h1-18,28-29H,19-20H2,(H,33,36)(H,34,37)/t28-,29-/m1/s1. The van der Waals surface area contributed by atoms with Crippen molar-refractivity contribution in [2.24, 2.45) is 0 Å². The Kier molecular flexibility index (Phi) is 7.63. The number of anilines is 2. The molecular weight excluding hydrogens is 497 g/mol. The highest BCUT2D eigenvalue weighted by Gasteiger charge is 2.47. The van der Waals surface area contributed by atoms with Gasteiger partial charge in [0, 0.05) is 11.4 Å². The number of halogens is 1. The van der Waals surface area contributed by atoms with Crippen molar-refractivity contribution in [3.63, 3.8) is 0 Å². The van der Waals surface area contributed by atoms with Crippen molar-refractivity contribution in [1.29, 1.82) is 0 Å². The van der Waals surface area contributed by atoms with Gasteiger partial charge in [0.15, 0.2) is 12.1 Å². The highest BCUT2D eigenvalue weighted by molar-refractivity contribution is 5.98. The van der Waals surface area contributed by atoms with E-state index in [2.05, 4.69) is 10.6 Å². The van der Waals surface area contributed by atoms with Crippen molar-refractivity contribution in [2.45, 2.75) is 25.1 Å². The maximum Gasteiger partial charge on any atom is 0.411 e. The van der Waals surface area contributed by atoms with Gasteiger partial charge in [0.2, 0.25) is 5.91 Å². The summed E-state index contributed by atoms with van der Waals surface area (Å²) in [4.78, 5) is 40.3. The zero-order chi connectivity index (χ0) is 27.2. The van der Waals surface area contributed by atoms with Gasteiger partial charge < -0.3 is 15.4 Å². The highest BCUT2D eigenvalue weighted by atomic mass is 19.1. The van der Waals surface area contributed by atoms with Gasteiger partial charge in [-0.1, -0.05) is 72.8 Å². The highest BCUT2D eigenvalue weighted by Crippen LogP contribution is 2.35. The molecule has 1 saturated heterocycles. The van der Waals surface area contributed by atoms with E-state index in [1.54, 1.807) is 60.7 Å². The van der Waals surface area contributed by atoms with Gasteiger partial charge >= 0.3 is 6.09 Å². The van der Waals surface area contributed by atoms with Crippen LogP contribution in [-0.2, 0) is 27.3 Å². The van der Waals surface area contributed by atoms with Gasteiger partial charge in [-0.3, -0.25) is 14.5 Å². The first-order chi connectivity index (χ1) is 19.0. The predicted molar refractivity (Wildman–Crippen MR) is 145 cm³/mol. The first-order valence-electron chi connectivity index (χ1n) is 12.5. The van der Waals surface area contributed by atoms with E-state index in [0.29, 0.717) is 22.5 Å². The smallest absolute Gasteiger partial charge is 0.411 e. The summed E-state index contributed by atoms with van der Waals surface area (Å²) in [6.07, 6.45) is -1.31. The molecule has 196 valence electrons. The summed E-state index contributed by atoms with van der Waals surface area (Å²) < 4.78 is 19.1. The second kappa shape index (κ2) is 11.6. The number of carbonyl (C=O) groups is 3. The van der Waals surface area contributed by atoms with Crippen molar-refractivity contribution < 1.29 is 23.5 Å². The number of amides is 3. The summed E-state index contributed by atoms with van der Waals surface area (Å²) in [6, 6.07) is 30.0. The molecule has 0 radical (unpaired) electrons. The summed E-state index contributed by atoms with van der Waals surface area (Å²) >= 11 is 0. The fraction of sp³-hybridized carbons (Fsp3) is 0.129. The fourth-order valence-electron chi connectivity index (χ4n) is 4.48. The van der Waals surface area contributed by atoms with E-state index in [-0.39, 0.29) is 18.9 Å². The third kappa shape index (κ3) is 6.30. The van der Waals surface area contributed by atoms with Crippen molar-refractivity contribution in [3.8, 4) is 0 Å². The van der Waals surface area contributed by atoms with Crippen LogP contribution in [0.2, 0.25) is 0 Å². The lowest BCUT2D eigenvalue weighted by Crippen LogP contribution is -2.43. The Hall–Kier alpha value is -4.98. The van der Waals surface area contributed by atoms with Crippen molar-refractivity contribution in [3.05, 3.63) is 132 Å². The average Bonchev–Trinajstić information content (AvgIpc) is 3.27. The molecule has 0 spiro atoms.